The van der Waals surface area contributed by atoms with Crippen LogP contribution in [0.15, 0.2) is 24.3 Å². The molecule has 4 N–H and O–H groups in total. The molecule has 0 aromatic heterocycles. The highest BCUT2D eigenvalue weighted by Gasteiger charge is 2.41. The highest BCUT2D eigenvalue weighted by molar-refractivity contribution is 7.90. The molecule has 84 valence electrons. The van der Waals surface area contributed by atoms with E-state index < -0.39 is 14.2 Å². The van der Waals surface area contributed by atoms with Gasteiger partial charge in [-0.1, -0.05) is 0 Å². The van der Waals surface area contributed by atoms with E-state index in [1.807, 2.05) is 0 Å². The molecular weight excluding hydrogens is 220 g/mol. The molecule has 0 heterocycles. The SMILES string of the molecule is CCS(=O)(=O)[N+](O)(O)c1ccc(N)cc1. The van der Waals surface area contributed by atoms with Gasteiger partial charge in [0, 0.05) is 17.8 Å². The number of anilines is 1. The molecule has 1 aromatic rings. The zero-order valence-corrected chi connectivity index (χ0v) is 8.98. The third kappa shape index (κ3) is 2.10. The van der Waals surface area contributed by atoms with Crippen molar-refractivity contribution in [3.63, 3.8) is 0 Å². The topological polar surface area (TPSA) is 101 Å². The number of benzene rings is 1. The van der Waals surface area contributed by atoms with Crippen molar-refractivity contribution in [1.82, 2.24) is 4.21 Å². The van der Waals surface area contributed by atoms with Gasteiger partial charge in [0.25, 0.3) is 0 Å². The Morgan fingerprint density at radius 1 is 1.27 bits per heavy atom. The van der Waals surface area contributed by atoms with E-state index in [0.717, 1.165) is 0 Å². The Hall–Kier alpha value is -1.15. The molecule has 0 aliphatic carbocycles. The summed E-state index contributed by atoms with van der Waals surface area (Å²) in [6.45, 7) is 1.33. The Labute approximate surface area is 87.7 Å². The fourth-order valence-corrected chi connectivity index (χ4v) is 1.81. The van der Waals surface area contributed by atoms with Crippen LogP contribution in [0.25, 0.3) is 0 Å². The van der Waals surface area contributed by atoms with E-state index in [0.29, 0.717) is 5.69 Å². The molecule has 1 aromatic carbocycles. The first-order valence-corrected chi connectivity index (χ1v) is 5.85. The Morgan fingerprint density at radius 3 is 2.13 bits per heavy atom. The fourth-order valence-electron chi connectivity index (χ4n) is 1.01. The second kappa shape index (κ2) is 3.78. The smallest absolute Gasteiger partial charge is 0.362 e. The molecule has 0 bridgehead atoms. The van der Waals surface area contributed by atoms with Gasteiger partial charge < -0.3 is 5.73 Å². The summed E-state index contributed by atoms with van der Waals surface area (Å²) in [6.07, 6.45) is 0. The molecule has 7 heteroatoms. The molecule has 0 fully saturated rings. The van der Waals surface area contributed by atoms with Crippen molar-refractivity contribution >= 4 is 21.4 Å². The lowest BCUT2D eigenvalue weighted by molar-refractivity contribution is -0.212. The summed E-state index contributed by atoms with van der Waals surface area (Å²) < 4.78 is 20.5. The highest BCUT2D eigenvalue weighted by atomic mass is 32.2. The number of hydrogen-bond acceptors (Lipinski definition) is 5. The zero-order valence-electron chi connectivity index (χ0n) is 8.16. The van der Waals surface area contributed by atoms with Crippen LogP contribution in [-0.4, -0.2) is 24.6 Å². The average Bonchev–Trinajstić information content (AvgIpc) is 2.18. The molecule has 0 radical (unpaired) electrons. The predicted octanol–water partition coefficient (Wildman–Crippen LogP) is 0.704. The summed E-state index contributed by atoms with van der Waals surface area (Å²) in [5.74, 6) is -0.385. The minimum absolute atomic E-state index is 0.175. The molecule has 15 heavy (non-hydrogen) atoms. The number of sulfonamides is 1. The number of quaternary nitrogens is 1. The van der Waals surface area contributed by atoms with E-state index in [2.05, 4.69) is 0 Å². The first kappa shape index (κ1) is 11.9. The summed E-state index contributed by atoms with van der Waals surface area (Å²) in [7, 11) is -4.06. The summed E-state index contributed by atoms with van der Waals surface area (Å²) in [5.41, 5.74) is 5.63. The molecule has 0 saturated heterocycles. The van der Waals surface area contributed by atoms with E-state index >= 15 is 0 Å². The first-order chi connectivity index (χ1) is 6.81. The third-order valence-corrected chi connectivity index (χ3v) is 3.70. The van der Waals surface area contributed by atoms with E-state index in [4.69, 9.17) is 5.73 Å². The average molecular weight is 233 g/mol. The third-order valence-electron chi connectivity index (χ3n) is 1.98. The molecule has 0 aliphatic rings. The summed E-state index contributed by atoms with van der Waals surface area (Å²) in [6, 6.07) is 5.25. The fraction of sp³-hybridized carbons (Fsp3) is 0.250. The van der Waals surface area contributed by atoms with Crippen molar-refractivity contribution in [2.45, 2.75) is 6.92 Å². The second-order valence-electron chi connectivity index (χ2n) is 3.01. The minimum atomic E-state index is -4.06. The Balaban J connectivity index is 3.23. The standard InChI is InChI=1S/C8H13N2O4S/c1-2-15(13,14)10(11,12)8-5-3-7(9)4-6-8/h3-6,11-12H,2,9H2,1H3/q+1. The predicted molar refractivity (Wildman–Crippen MR) is 55.7 cm³/mol. The number of nitrogens with zero attached hydrogens (tertiary/aromatic N) is 1. The van der Waals surface area contributed by atoms with Crippen LogP contribution in [0.5, 0.6) is 0 Å². The number of rotatable bonds is 3. The monoisotopic (exact) mass is 233 g/mol. The van der Waals surface area contributed by atoms with Gasteiger partial charge in [-0.25, -0.2) is 0 Å². The molecule has 0 atom stereocenters. The largest absolute Gasteiger partial charge is 0.399 e. The minimum Gasteiger partial charge on any atom is -0.399 e. The van der Waals surface area contributed by atoms with Crippen LogP contribution < -0.4 is 9.95 Å². The van der Waals surface area contributed by atoms with Crippen LogP contribution in [0.1, 0.15) is 6.92 Å². The van der Waals surface area contributed by atoms with Crippen LogP contribution in [0.4, 0.5) is 11.4 Å². The Morgan fingerprint density at radius 2 is 1.73 bits per heavy atom. The lowest BCUT2D eigenvalue weighted by atomic mass is 10.3. The maximum atomic E-state index is 11.3. The quantitative estimate of drug-likeness (QED) is 0.405. The van der Waals surface area contributed by atoms with Crippen LogP contribution in [0, 0.1) is 0 Å². The summed E-state index contributed by atoms with van der Waals surface area (Å²) >= 11 is 0. The molecule has 0 unspecified atom stereocenters. The van der Waals surface area contributed by atoms with E-state index in [1.165, 1.54) is 31.2 Å². The van der Waals surface area contributed by atoms with E-state index in [9.17, 15) is 18.8 Å². The van der Waals surface area contributed by atoms with Crippen molar-refractivity contribution in [3.05, 3.63) is 24.3 Å². The number of hydrogen-bond donors (Lipinski definition) is 3. The lowest BCUT2D eigenvalue weighted by Crippen LogP contribution is -2.48. The van der Waals surface area contributed by atoms with Gasteiger partial charge in [0.05, 0.1) is 4.21 Å². The molecule has 0 amide bonds. The van der Waals surface area contributed by atoms with Crippen LogP contribution in [0.3, 0.4) is 0 Å². The molecule has 0 spiro atoms. The van der Waals surface area contributed by atoms with E-state index in [1.54, 1.807) is 0 Å². The van der Waals surface area contributed by atoms with Crippen LogP contribution >= 0.6 is 0 Å². The maximum Gasteiger partial charge on any atom is 0.362 e. The van der Waals surface area contributed by atoms with Gasteiger partial charge in [-0.2, -0.15) is 18.8 Å². The molecule has 0 aliphatic heterocycles. The molecule has 1 rings (SSSR count). The van der Waals surface area contributed by atoms with Crippen molar-refractivity contribution in [2.75, 3.05) is 11.5 Å². The van der Waals surface area contributed by atoms with Gasteiger partial charge in [0.15, 0.2) is 0 Å². The molecule has 0 saturated carbocycles. The Bertz CT molecular complexity index is 438. The maximum absolute atomic E-state index is 11.3. The van der Waals surface area contributed by atoms with Crippen molar-refractivity contribution in [1.29, 1.82) is 0 Å². The van der Waals surface area contributed by atoms with Crippen LogP contribution in [0.2, 0.25) is 0 Å². The molecule has 6 nitrogen and oxygen atoms in total. The van der Waals surface area contributed by atoms with Gasteiger partial charge in [-0.05, 0) is 19.1 Å². The molecular formula is C8H13N2O4S+. The summed E-state index contributed by atoms with van der Waals surface area (Å²) in [4.78, 5) is 0. The van der Waals surface area contributed by atoms with Crippen molar-refractivity contribution in [2.24, 2.45) is 0 Å². The number of nitrogens with two attached hydrogens (primary N) is 1. The van der Waals surface area contributed by atoms with E-state index in [-0.39, 0.29) is 11.4 Å². The zero-order chi connectivity index (χ0) is 11.7. The van der Waals surface area contributed by atoms with Crippen molar-refractivity contribution in [3.8, 4) is 0 Å². The van der Waals surface area contributed by atoms with Gasteiger partial charge in [-0.15, -0.1) is 0 Å². The van der Waals surface area contributed by atoms with Gasteiger partial charge in [0.1, 0.15) is 5.75 Å². The van der Waals surface area contributed by atoms with Crippen molar-refractivity contribution < 1.29 is 18.8 Å². The first-order valence-electron chi connectivity index (χ1n) is 4.25. The van der Waals surface area contributed by atoms with Gasteiger partial charge in [-0.3, -0.25) is 0 Å². The van der Waals surface area contributed by atoms with Gasteiger partial charge in [0.2, 0.25) is 5.69 Å². The highest BCUT2D eigenvalue weighted by Crippen LogP contribution is 2.23. The normalized spacial score (nSPS) is 12.7. The van der Waals surface area contributed by atoms with Crippen LogP contribution in [-0.2, 0) is 10.0 Å². The second-order valence-corrected chi connectivity index (χ2v) is 5.26. The Kier molecular flexibility index (Phi) is 3.00. The number of nitrogen functional groups attached to an aromatic ring is 1. The summed E-state index contributed by atoms with van der Waals surface area (Å²) in [5, 5.41) is 18.9. The van der Waals surface area contributed by atoms with Gasteiger partial charge >= 0.3 is 10.0 Å². The lowest BCUT2D eigenvalue weighted by Gasteiger charge is -2.18.